The van der Waals surface area contributed by atoms with Crippen molar-refractivity contribution in [2.45, 2.75) is 37.8 Å². The van der Waals surface area contributed by atoms with Crippen LogP contribution in [0.25, 0.3) is 0 Å². The molecular formula is C19H28N2O4. The number of likely N-dealkylation sites (tertiary alicyclic amines) is 1. The van der Waals surface area contributed by atoms with Crippen molar-refractivity contribution in [3.63, 3.8) is 0 Å². The molecular weight excluding hydrogens is 320 g/mol. The van der Waals surface area contributed by atoms with E-state index < -0.39 is 0 Å². The third kappa shape index (κ3) is 4.44. The fourth-order valence-corrected chi connectivity index (χ4v) is 3.74. The van der Waals surface area contributed by atoms with E-state index in [0.29, 0.717) is 13.1 Å². The summed E-state index contributed by atoms with van der Waals surface area (Å²) in [6.45, 7) is 2.74. The minimum absolute atomic E-state index is 0.0595. The number of nitrogens with zero attached hydrogens (tertiary/aromatic N) is 1. The van der Waals surface area contributed by atoms with Crippen molar-refractivity contribution in [1.29, 1.82) is 0 Å². The van der Waals surface area contributed by atoms with Crippen LogP contribution in [0.4, 0.5) is 0 Å². The van der Waals surface area contributed by atoms with Crippen molar-refractivity contribution in [3.05, 3.63) is 23.8 Å². The summed E-state index contributed by atoms with van der Waals surface area (Å²) in [5.41, 5.74) is 1.09. The average Bonchev–Trinajstić information content (AvgIpc) is 3.31. The number of nitrogens with one attached hydrogen (secondary N) is 1. The Hall–Kier alpha value is -1.79. The van der Waals surface area contributed by atoms with Gasteiger partial charge in [-0.15, -0.1) is 0 Å². The van der Waals surface area contributed by atoms with E-state index in [2.05, 4.69) is 10.2 Å². The third-order valence-corrected chi connectivity index (χ3v) is 5.06. The largest absolute Gasteiger partial charge is 0.497 e. The summed E-state index contributed by atoms with van der Waals surface area (Å²) in [6, 6.07) is 6.03. The molecule has 0 bridgehead atoms. The first-order valence-corrected chi connectivity index (χ1v) is 9.05. The molecule has 3 rings (SSSR count). The van der Waals surface area contributed by atoms with Crippen molar-refractivity contribution in [3.8, 4) is 11.5 Å². The summed E-state index contributed by atoms with van der Waals surface area (Å²) in [6.07, 6.45) is 4.39. The molecule has 1 aromatic carbocycles. The van der Waals surface area contributed by atoms with Crippen molar-refractivity contribution in [2.24, 2.45) is 0 Å². The molecule has 138 valence electrons. The number of hydrogen-bond donors (Lipinski definition) is 1. The van der Waals surface area contributed by atoms with Gasteiger partial charge >= 0.3 is 0 Å². The molecule has 0 aromatic heterocycles. The SMILES string of the molecule is COc1ccc(OC)c(C2CCCN2CC(=O)NCC2CCCO2)c1. The second-order valence-corrected chi connectivity index (χ2v) is 6.68. The van der Waals surface area contributed by atoms with Crippen LogP contribution in [0.15, 0.2) is 18.2 Å². The quantitative estimate of drug-likeness (QED) is 0.818. The molecule has 1 amide bonds. The van der Waals surface area contributed by atoms with Gasteiger partial charge in [0.1, 0.15) is 11.5 Å². The van der Waals surface area contributed by atoms with Gasteiger partial charge in [0.25, 0.3) is 0 Å². The number of rotatable bonds is 7. The molecule has 2 atom stereocenters. The van der Waals surface area contributed by atoms with E-state index >= 15 is 0 Å². The predicted octanol–water partition coefficient (Wildman–Crippen LogP) is 2.14. The van der Waals surface area contributed by atoms with Crippen LogP contribution in [0.5, 0.6) is 11.5 Å². The maximum atomic E-state index is 12.3. The van der Waals surface area contributed by atoms with Gasteiger partial charge in [0.2, 0.25) is 5.91 Å². The van der Waals surface area contributed by atoms with Gasteiger partial charge in [-0.1, -0.05) is 0 Å². The molecule has 6 nitrogen and oxygen atoms in total. The van der Waals surface area contributed by atoms with Crippen LogP contribution in [0, 0.1) is 0 Å². The van der Waals surface area contributed by atoms with Crippen LogP contribution in [0.2, 0.25) is 0 Å². The summed E-state index contributed by atoms with van der Waals surface area (Å²) >= 11 is 0. The standard InChI is InChI=1S/C19H28N2O4/c1-23-14-7-8-18(24-2)16(11-14)17-6-3-9-21(17)13-19(22)20-12-15-5-4-10-25-15/h7-8,11,15,17H,3-6,9-10,12-13H2,1-2H3,(H,20,22). The molecule has 1 aromatic rings. The average molecular weight is 348 g/mol. The summed E-state index contributed by atoms with van der Waals surface area (Å²) in [5.74, 6) is 1.72. The van der Waals surface area contributed by atoms with E-state index in [-0.39, 0.29) is 18.1 Å². The minimum Gasteiger partial charge on any atom is -0.497 e. The number of amides is 1. The van der Waals surface area contributed by atoms with Gasteiger partial charge in [-0.3, -0.25) is 9.69 Å². The molecule has 1 N–H and O–H groups in total. The Labute approximate surface area is 149 Å². The van der Waals surface area contributed by atoms with E-state index in [1.54, 1.807) is 14.2 Å². The Bertz CT molecular complexity index is 587. The highest BCUT2D eigenvalue weighted by Gasteiger charge is 2.30. The molecule has 2 fully saturated rings. The van der Waals surface area contributed by atoms with E-state index in [9.17, 15) is 4.79 Å². The molecule has 25 heavy (non-hydrogen) atoms. The van der Waals surface area contributed by atoms with Crippen LogP contribution in [0.1, 0.15) is 37.3 Å². The Morgan fingerprint density at radius 2 is 2.16 bits per heavy atom. The maximum absolute atomic E-state index is 12.3. The number of ether oxygens (including phenoxy) is 3. The van der Waals surface area contributed by atoms with E-state index in [1.165, 1.54) is 0 Å². The van der Waals surface area contributed by atoms with Gasteiger partial charge in [0.05, 0.1) is 26.9 Å². The maximum Gasteiger partial charge on any atom is 0.234 e. The van der Waals surface area contributed by atoms with E-state index in [0.717, 1.165) is 55.9 Å². The lowest BCUT2D eigenvalue weighted by molar-refractivity contribution is -0.123. The molecule has 2 heterocycles. The summed E-state index contributed by atoms with van der Waals surface area (Å²) in [7, 11) is 3.34. The highest BCUT2D eigenvalue weighted by atomic mass is 16.5. The van der Waals surface area contributed by atoms with Crippen molar-refractivity contribution < 1.29 is 19.0 Å². The molecule has 0 saturated carbocycles. The van der Waals surface area contributed by atoms with Crippen LogP contribution >= 0.6 is 0 Å². The fourth-order valence-electron chi connectivity index (χ4n) is 3.74. The summed E-state index contributed by atoms with van der Waals surface area (Å²) in [5, 5.41) is 3.01. The highest BCUT2D eigenvalue weighted by molar-refractivity contribution is 5.78. The lowest BCUT2D eigenvalue weighted by atomic mass is 10.0. The number of carbonyl (C=O) groups excluding carboxylic acids is 1. The number of methoxy groups -OCH3 is 2. The Morgan fingerprint density at radius 1 is 1.28 bits per heavy atom. The molecule has 2 aliphatic rings. The lowest BCUT2D eigenvalue weighted by Crippen LogP contribution is -2.40. The second-order valence-electron chi connectivity index (χ2n) is 6.68. The van der Waals surface area contributed by atoms with Crippen LogP contribution in [-0.2, 0) is 9.53 Å². The monoisotopic (exact) mass is 348 g/mol. The first kappa shape index (κ1) is 18.0. The van der Waals surface area contributed by atoms with Gasteiger partial charge in [0.15, 0.2) is 0 Å². The van der Waals surface area contributed by atoms with Gasteiger partial charge in [-0.05, 0) is 50.4 Å². The van der Waals surface area contributed by atoms with Crippen molar-refractivity contribution in [2.75, 3.05) is 40.5 Å². The number of carbonyl (C=O) groups is 1. The summed E-state index contributed by atoms with van der Waals surface area (Å²) in [4.78, 5) is 14.6. The minimum atomic E-state index is 0.0595. The van der Waals surface area contributed by atoms with Crippen LogP contribution in [-0.4, -0.2) is 57.4 Å². The number of benzene rings is 1. The van der Waals surface area contributed by atoms with E-state index in [1.807, 2.05) is 18.2 Å². The Balaban J connectivity index is 1.62. The van der Waals surface area contributed by atoms with Crippen molar-refractivity contribution in [1.82, 2.24) is 10.2 Å². The topological polar surface area (TPSA) is 60.0 Å². The van der Waals surface area contributed by atoms with Gasteiger partial charge in [-0.25, -0.2) is 0 Å². The Morgan fingerprint density at radius 3 is 2.88 bits per heavy atom. The molecule has 2 aliphatic heterocycles. The first-order valence-electron chi connectivity index (χ1n) is 9.05. The summed E-state index contributed by atoms with van der Waals surface area (Å²) < 4.78 is 16.4. The molecule has 6 heteroatoms. The molecule has 2 saturated heterocycles. The fraction of sp³-hybridized carbons (Fsp3) is 0.632. The zero-order chi connectivity index (χ0) is 17.6. The van der Waals surface area contributed by atoms with Gasteiger partial charge < -0.3 is 19.5 Å². The van der Waals surface area contributed by atoms with Crippen LogP contribution in [0.3, 0.4) is 0 Å². The Kier molecular flexibility index (Phi) is 6.15. The zero-order valence-electron chi connectivity index (χ0n) is 15.1. The van der Waals surface area contributed by atoms with Crippen molar-refractivity contribution >= 4 is 5.91 Å². The molecule has 0 radical (unpaired) electrons. The smallest absolute Gasteiger partial charge is 0.234 e. The first-order chi connectivity index (χ1) is 12.2. The normalized spacial score (nSPS) is 23.6. The van der Waals surface area contributed by atoms with Crippen LogP contribution < -0.4 is 14.8 Å². The molecule has 0 spiro atoms. The highest BCUT2D eigenvalue weighted by Crippen LogP contribution is 2.38. The zero-order valence-corrected chi connectivity index (χ0v) is 15.1. The number of hydrogen-bond acceptors (Lipinski definition) is 5. The van der Waals surface area contributed by atoms with Gasteiger partial charge in [-0.2, -0.15) is 0 Å². The van der Waals surface area contributed by atoms with E-state index in [4.69, 9.17) is 14.2 Å². The predicted molar refractivity (Wildman–Crippen MR) is 95.1 cm³/mol. The lowest BCUT2D eigenvalue weighted by Gasteiger charge is -2.26. The molecule has 2 unspecified atom stereocenters. The van der Waals surface area contributed by atoms with Gasteiger partial charge in [0, 0.05) is 24.8 Å². The molecule has 0 aliphatic carbocycles. The third-order valence-electron chi connectivity index (χ3n) is 5.06. The second kappa shape index (κ2) is 8.54.